The van der Waals surface area contributed by atoms with Gasteiger partial charge in [-0.3, -0.25) is 0 Å². The van der Waals surface area contributed by atoms with Gasteiger partial charge in [0.05, 0.1) is 0 Å². The summed E-state index contributed by atoms with van der Waals surface area (Å²) in [6, 6.07) is 0. The molecule has 0 saturated heterocycles. The minimum atomic E-state index is -4.39. The fraction of sp³-hybridized carbons (Fsp3) is 0.833. The van der Waals surface area contributed by atoms with Crippen LogP contribution in [0.2, 0.25) is 0 Å². The Labute approximate surface area is 167 Å². The van der Waals surface area contributed by atoms with Gasteiger partial charge in [0.25, 0.3) is 0 Å². The van der Waals surface area contributed by atoms with Crippen LogP contribution in [0, 0.1) is 23.2 Å². The standard InChI is InChI=1S/C18H25O5S.Na/c1-18-9-8-14-13-5-3-12(23-24(20,21)22)10-11(13)2-4-15(14)16(18)6-7-17(18)19;/h14-16H,2-10H2,1H3,(H,20,21,22);/t14-,15-,16+,18+;/m1./s1. The van der Waals surface area contributed by atoms with Crippen molar-refractivity contribution in [2.75, 3.05) is 0 Å². The summed E-state index contributed by atoms with van der Waals surface area (Å²) in [4.78, 5) is 12.4. The molecule has 2 saturated carbocycles. The van der Waals surface area contributed by atoms with Crippen molar-refractivity contribution in [2.45, 2.75) is 67.6 Å². The predicted molar refractivity (Wildman–Crippen MR) is 93.3 cm³/mol. The van der Waals surface area contributed by atoms with Crippen LogP contribution in [0.5, 0.6) is 0 Å². The summed E-state index contributed by atoms with van der Waals surface area (Å²) in [5.74, 6) is 2.20. The van der Waals surface area contributed by atoms with Crippen molar-refractivity contribution in [1.29, 1.82) is 0 Å². The molecule has 0 aromatic rings. The van der Waals surface area contributed by atoms with E-state index in [2.05, 4.69) is 6.92 Å². The van der Waals surface area contributed by atoms with E-state index in [0.717, 1.165) is 44.9 Å². The van der Waals surface area contributed by atoms with E-state index < -0.39 is 13.2 Å². The molecule has 4 aliphatic carbocycles. The van der Waals surface area contributed by atoms with Gasteiger partial charge in [-0.15, -0.1) is 0 Å². The summed E-state index contributed by atoms with van der Waals surface area (Å²) in [5, 5.41) is 0. The Hall–Kier alpha value is 0.280. The quantitative estimate of drug-likeness (QED) is 0.455. The Morgan fingerprint density at radius 1 is 1.16 bits per heavy atom. The fourth-order valence-corrected chi connectivity index (χ4v) is 8.45. The van der Waals surface area contributed by atoms with Crippen molar-refractivity contribution in [3.63, 3.8) is 0 Å². The molecule has 0 amide bonds. The SMILES string of the molecule is C[C@]12CC[C@@H]3C4=C(CC[C@H]3[C@@H]1CCC2=O)C[C@]([Na])(OS(=O)(=O)O)CC4. The van der Waals surface area contributed by atoms with E-state index in [9.17, 15) is 13.2 Å². The van der Waals surface area contributed by atoms with Crippen LogP contribution in [0.25, 0.3) is 0 Å². The fourth-order valence-electron chi connectivity index (χ4n) is 6.49. The number of carbonyl (C=O) groups is 1. The molecule has 134 valence electrons. The third kappa shape index (κ3) is 3.21. The van der Waals surface area contributed by atoms with Crippen LogP contribution in [0.4, 0.5) is 0 Å². The van der Waals surface area contributed by atoms with Crippen LogP contribution in [0.3, 0.4) is 0 Å². The van der Waals surface area contributed by atoms with Gasteiger partial charge in [0.1, 0.15) is 0 Å². The molecule has 0 unspecified atom stereocenters. The number of ketones is 1. The van der Waals surface area contributed by atoms with Gasteiger partial charge in [0.2, 0.25) is 0 Å². The van der Waals surface area contributed by atoms with Crippen LogP contribution in [-0.4, -0.2) is 49.5 Å². The Morgan fingerprint density at radius 3 is 2.64 bits per heavy atom. The van der Waals surface area contributed by atoms with Gasteiger partial charge < -0.3 is 0 Å². The molecule has 0 heterocycles. The molecule has 5 nitrogen and oxygen atoms in total. The van der Waals surface area contributed by atoms with E-state index >= 15 is 0 Å². The van der Waals surface area contributed by atoms with Crippen molar-refractivity contribution in [3.8, 4) is 0 Å². The third-order valence-electron chi connectivity index (χ3n) is 7.64. The van der Waals surface area contributed by atoms with Crippen molar-refractivity contribution < 1.29 is 21.9 Å². The summed E-state index contributed by atoms with van der Waals surface area (Å²) >= 11 is 0.581. The molecule has 0 aromatic heterocycles. The Bertz CT molecular complexity index is 745. The molecule has 1 N–H and O–H groups in total. The summed E-state index contributed by atoms with van der Waals surface area (Å²) in [6.07, 6.45) is 8.22. The van der Waals surface area contributed by atoms with Gasteiger partial charge in [0.15, 0.2) is 0 Å². The van der Waals surface area contributed by atoms with Crippen molar-refractivity contribution in [3.05, 3.63) is 11.1 Å². The molecule has 5 atom stereocenters. The molecular weight excluding hydrogens is 351 g/mol. The van der Waals surface area contributed by atoms with Gasteiger partial charge >= 0.3 is 168 Å². The Morgan fingerprint density at radius 2 is 1.92 bits per heavy atom. The number of carbonyl (C=O) groups excluding carboxylic acids is 1. The second-order valence-corrected chi connectivity index (χ2v) is 11.9. The maximum absolute atomic E-state index is 12.4. The van der Waals surface area contributed by atoms with Crippen molar-refractivity contribution >= 4 is 44.1 Å². The number of allylic oxidation sites excluding steroid dienone is 1. The number of hydrogen-bond acceptors (Lipinski definition) is 4. The first-order chi connectivity index (χ1) is 11.6. The molecule has 7 heteroatoms. The normalized spacial score (nSPS) is 44.3. The van der Waals surface area contributed by atoms with Gasteiger partial charge in [0, 0.05) is 0 Å². The average molecular weight is 376 g/mol. The van der Waals surface area contributed by atoms with Crippen molar-refractivity contribution in [1.82, 2.24) is 0 Å². The van der Waals surface area contributed by atoms with E-state index in [1.807, 2.05) is 0 Å². The van der Waals surface area contributed by atoms with E-state index in [4.69, 9.17) is 8.74 Å². The predicted octanol–water partition coefficient (Wildman–Crippen LogP) is 2.96. The van der Waals surface area contributed by atoms with E-state index in [1.54, 1.807) is 0 Å². The number of fused-ring (bicyclic) bond motifs is 4. The van der Waals surface area contributed by atoms with Gasteiger partial charge in [-0.05, 0) is 0 Å². The van der Waals surface area contributed by atoms with Crippen molar-refractivity contribution in [2.24, 2.45) is 23.2 Å². The summed E-state index contributed by atoms with van der Waals surface area (Å²) in [6.45, 7) is 2.19. The average Bonchev–Trinajstić information content (AvgIpc) is 2.80. The van der Waals surface area contributed by atoms with Crippen LogP contribution in [0.15, 0.2) is 11.1 Å². The Kier molecular flexibility index (Phi) is 4.58. The van der Waals surface area contributed by atoms with Crippen LogP contribution < -0.4 is 0 Å². The third-order valence-corrected chi connectivity index (χ3v) is 9.61. The molecule has 2 fully saturated rings. The van der Waals surface area contributed by atoms with Crippen LogP contribution in [-0.2, 0) is 19.4 Å². The van der Waals surface area contributed by atoms with Crippen LogP contribution in [0.1, 0.15) is 64.7 Å². The Balaban J connectivity index is 1.58. The van der Waals surface area contributed by atoms with E-state index in [1.165, 1.54) is 11.1 Å². The zero-order valence-electron chi connectivity index (χ0n) is 15.1. The monoisotopic (exact) mass is 376 g/mol. The maximum atomic E-state index is 12.4. The minimum absolute atomic E-state index is 0.0938. The summed E-state index contributed by atoms with van der Waals surface area (Å²) in [7, 11) is -4.39. The molecular formula is C18H25NaO5S. The number of Topliss-reactive ketones (excluding diaryl/α,β-unsaturated/α-hetero) is 1. The van der Waals surface area contributed by atoms with Crippen LogP contribution >= 0.6 is 0 Å². The number of hydrogen-bond donors (Lipinski definition) is 1. The van der Waals surface area contributed by atoms with E-state index in [-0.39, 0.29) is 5.41 Å². The first kappa shape index (κ1) is 18.6. The van der Waals surface area contributed by atoms with Gasteiger partial charge in [-0.25, -0.2) is 0 Å². The zero-order valence-corrected chi connectivity index (χ0v) is 17.9. The molecule has 4 rings (SSSR count). The first-order valence-electron chi connectivity index (χ1n) is 9.53. The van der Waals surface area contributed by atoms with Gasteiger partial charge in [-0.2, -0.15) is 0 Å². The molecule has 4 aliphatic rings. The van der Waals surface area contributed by atoms with Gasteiger partial charge in [-0.1, -0.05) is 0 Å². The molecule has 0 aliphatic heterocycles. The molecule has 0 spiro atoms. The molecule has 0 radical (unpaired) electrons. The molecule has 25 heavy (non-hydrogen) atoms. The second-order valence-electron chi connectivity index (χ2n) is 9.10. The zero-order chi connectivity index (χ0) is 18.0. The van der Waals surface area contributed by atoms with E-state index in [0.29, 0.717) is 64.3 Å². The first-order valence-corrected chi connectivity index (χ1v) is 11.9. The topological polar surface area (TPSA) is 80.7 Å². The number of rotatable bonds is 2. The molecule has 0 aromatic carbocycles. The molecule has 0 bridgehead atoms. The summed E-state index contributed by atoms with van der Waals surface area (Å²) < 4.78 is 35.9. The summed E-state index contributed by atoms with van der Waals surface area (Å²) in [5.41, 5.74) is 2.81. The second kappa shape index (κ2) is 6.14.